The molecule has 1 fully saturated rings. The molecule has 0 amide bonds. The van der Waals surface area contributed by atoms with Gasteiger partial charge >= 0.3 is 5.97 Å². The molecule has 1 aliphatic heterocycles. The van der Waals surface area contributed by atoms with Crippen molar-refractivity contribution >= 4 is 17.3 Å². The lowest BCUT2D eigenvalue weighted by Crippen LogP contribution is -2.43. The SMILES string of the molecule is CCN1CCC(N(C)c2ccc(C(=O)O)c(N)c2)CC1. The topological polar surface area (TPSA) is 69.8 Å². The standard InChI is InChI=1S/C15H23N3O2/c1-3-18-8-6-11(7-9-18)17(2)12-4-5-13(15(19)20)14(16)10-12/h4-5,10-11H,3,6-9,16H2,1-2H3,(H,19,20). The summed E-state index contributed by atoms with van der Waals surface area (Å²) in [6, 6.07) is 5.68. The molecule has 5 nitrogen and oxygen atoms in total. The molecule has 1 saturated heterocycles. The molecule has 0 bridgehead atoms. The van der Waals surface area contributed by atoms with Gasteiger partial charge in [-0.3, -0.25) is 0 Å². The molecule has 110 valence electrons. The molecule has 2 rings (SSSR count). The number of rotatable bonds is 4. The normalized spacial score (nSPS) is 17.1. The molecule has 0 aromatic heterocycles. The first kappa shape index (κ1) is 14.7. The first-order chi connectivity index (χ1) is 9.52. The first-order valence-corrected chi connectivity index (χ1v) is 7.11. The quantitative estimate of drug-likeness (QED) is 0.822. The molecule has 0 radical (unpaired) electrons. The highest BCUT2D eigenvalue weighted by Crippen LogP contribution is 2.25. The van der Waals surface area contributed by atoms with Crippen LogP contribution in [0.4, 0.5) is 11.4 Å². The number of nitrogen functional groups attached to an aromatic ring is 1. The average Bonchev–Trinajstić information content (AvgIpc) is 2.46. The molecule has 1 aromatic rings. The molecule has 0 atom stereocenters. The molecular formula is C15H23N3O2. The van der Waals surface area contributed by atoms with E-state index in [2.05, 4.69) is 23.8 Å². The van der Waals surface area contributed by atoms with Gasteiger partial charge in [0.1, 0.15) is 0 Å². The van der Waals surface area contributed by atoms with Crippen molar-refractivity contribution in [1.82, 2.24) is 4.90 Å². The molecule has 1 aliphatic rings. The van der Waals surface area contributed by atoms with E-state index in [1.165, 1.54) is 0 Å². The second-order valence-corrected chi connectivity index (χ2v) is 5.35. The molecule has 0 saturated carbocycles. The number of nitrogens with two attached hydrogens (primary N) is 1. The minimum atomic E-state index is -0.979. The number of piperidine rings is 1. The summed E-state index contributed by atoms with van der Waals surface area (Å²) in [5.74, 6) is -0.979. The van der Waals surface area contributed by atoms with Crippen LogP contribution < -0.4 is 10.6 Å². The van der Waals surface area contributed by atoms with E-state index in [9.17, 15) is 4.79 Å². The van der Waals surface area contributed by atoms with Crippen LogP contribution >= 0.6 is 0 Å². The number of carbonyl (C=O) groups is 1. The fourth-order valence-electron chi connectivity index (χ4n) is 2.80. The highest BCUT2D eigenvalue weighted by molar-refractivity contribution is 5.94. The summed E-state index contributed by atoms with van der Waals surface area (Å²) in [4.78, 5) is 15.6. The Labute approximate surface area is 120 Å². The van der Waals surface area contributed by atoms with Crippen LogP contribution in [0.25, 0.3) is 0 Å². The summed E-state index contributed by atoms with van der Waals surface area (Å²) >= 11 is 0. The third kappa shape index (κ3) is 3.04. The van der Waals surface area contributed by atoms with Crippen molar-refractivity contribution in [2.24, 2.45) is 0 Å². The Bertz CT molecular complexity index is 482. The van der Waals surface area contributed by atoms with Crippen molar-refractivity contribution in [3.05, 3.63) is 23.8 Å². The van der Waals surface area contributed by atoms with Gasteiger partial charge < -0.3 is 20.6 Å². The number of likely N-dealkylation sites (tertiary alicyclic amines) is 1. The van der Waals surface area contributed by atoms with Crippen LogP contribution in [0.2, 0.25) is 0 Å². The third-order valence-corrected chi connectivity index (χ3v) is 4.22. The van der Waals surface area contributed by atoms with E-state index in [1.54, 1.807) is 12.1 Å². The number of carboxylic acids is 1. The van der Waals surface area contributed by atoms with E-state index in [4.69, 9.17) is 10.8 Å². The Morgan fingerprint density at radius 3 is 2.60 bits per heavy atom. The first-order valence-electron chi connectivity index (χ1n) is 7.11. The number of carboxylic acid groups (broad SMARTS) is 1. The number of hydrogen-bond donors (Lipinski definition) is 2. The van der Waals surface area contributed by atoms with E-state index in [0.29, 0.717) is 11.7 Å². The van der Waals surface area contributed by atoms with Gasteiger partial charge in [-0.05, 0) is 37.6 Å². The second kappa shape index (κ2) is 6.13. The number of nitrogens with zero attached hydrogens (tertiary/aromatic N) is 2. The molecule has 0 aliphatic carbocycles. The van der Waals surface area contributed by atoms with Gasteiger partial charge in [0.2, 0.25) is 0 Å². The molecule has 0 unspecified atom stereocenters. The van der Waals surface area contributed by atoms with Crippen molar-refractivity contribution in [3.63, 3.8) is 0 Å². The summed E-state index contributed by atoms with van der Waals surface area (Å²) in [6.07, 6.45) is 2.26. The van der Waals surface area contributed by atoms with Crippen LogP contribution in [-0.4, -0.2) is 48.7 Å². The zero-order chi connectivity index (χ0) is 14.7. The van der Waals surface area contributed by atoms with E-state index < -0.39 is 5.97 Å². The molecule has 3 N–H and O–H groups in total. The Hall–Kier alpha value is -1.75. The van der Waals surface area contributed by atoms with E-state index in [1.807, 2.05) is 6.07 Å². The predicted molar refractivity (Wildman–Crippen MR) is 81.4 cm³/mol. The maximum atomic E-state index is 11.0. The smallest absolute Gasteiger partial charge is 0.337 e. The lowest BCUT2D eigenvalue weighted by atomic mass is 10.0. The maximum absolute atomic E-state index is 11.0. The van der Waals surface area contributed by atoms with Crippen LogP contribution in [0.1, 0.15) is 30.1 Å². The molecule has 20 heavy (non-hydrogen) atoms. The van der Waals surface area contributed by atoms with Crippen molar-refractivity contribution in [2.75, 3.05) is 37.3 Å². The average molecular weight is 277 g/mol. The number of benzene rings is 1. The minimum absolute atomic E-state index is 0.169. The monoisotopic (exact) mass is 277 g/mol. The van der Waals surface area contributed by atoms with Gasteiger partial charge in [-0.2, -0.15) is 0 Å². The van der Waals surface area contributed by atoms with Crippen molar-refractivity contribution in [3.8, 4) is 0 Å². The van der Waals surface area contributed by atoms with Gasteiger partial charge in [0, 0.05) is 37.6 Å². The van der Waals surface area contributed by atoms with E-state index in [-0.39, 0.29) is 5.56 Å². The van der Waals surface area contributed by atoms with Gasteiger partial charge in [0.15, 0.2) is 0 Å². The van der Waals surface area contributed by atoms with Crippen molar-refractivity contribution < 1.29 is 9.90 Å². The lowest BCUT2D eigenvalue weighted by molar-refractivity contribution is 0.0698. The van der Waals surface area contributed by atoms with Crippen LogP contribution in [0.3, 0.4) is 0 Å². The highest BCUT2D eigenvalue weighted by atomic mass is 16.4. The van der Waals surface area contributed by atoms with Gasteiger partial charge in [0.25, 0.3) is 0 Å². The molecular weight excluding hydrogens is 254 g/mol. The fraction of sp³-hybridized carbons (Fsp3) is 0.533. The van der Waals surface area contributed by atoms with E-state index >= 15 is 0 Å². The fourth-order valence-corrected chi connectivity index (χ4v) is 2.80. The minimum Gasteiger partial charge on any atom is -0.478 e. The Kier molecular flexibility index (Phi) is 4.49. The highest BCUT2D eigenvalue weighted by Gasteiger charge is 2.22. The summed E-state index contributed by atoms with van der Waals surface area (Å²) in [5, 5.41) is 9.00. The lowest BCUT2D eigenvalue weighted by Gasteiger charge is -2.37. The largest absolute Gasteiger partial charge is 0.478 e. The summed E-state index contributed by atoms with van der Waals surface area (Å²) in [5.41, 5.74) is 7.30. The van der Waals surface area contributed by atoms with Crippen LogP contribution in [-0.2, 0) is 0 Å². The van der Waals surface area contributed by atoms with E-state index in [0.717, 1.165) is 38.2 Å². The van der Waals surface area contributed by atoms with Crippen molar-refractivity contribution in [1.29, 1.82) is 0 Å². The molecule has 0 spiro atoms. The molecule has 5 heteroatoms. The second-order valence-electron chi connectivity index (χ2n) is 5.35. The maximum Gasteiger partial charge on any atom is 0.337 e. The summed E-state index contributed by atoms with van der Waals surface area (Å²) < 4.78 is 0. The molecule has 1 heterocycles. The van der Waals surface area contributed by atoms with Crippen LogP contribution in [0, 0.1) is 0 Å². The van der Waals surface area contributed by atoms with Gasteiger partial charge in [-0.15, -0.1) is 0 Å². The number of aromatic carboxylic acids is 1. The Morgan fingerprint density at radius 1 is 1.45 bits per heavy atom. The predicted octanol–water partition coefficient (Wildman–Crippen LogP) is 1.89. The van der Waals surface area contributed by atoms with Crippen LogP contribution in [0.5, 0.6) is 0 Å². The van der Waals surface area contributed by atoms with Crippen LogP contribution in [0.15, 0.2) is 18.2 Å². The van der Waals surface area contributed by atoms with Gasteiger partial charge in [-0.1, -0.05) is 6.92 Å². The third-order valence-electron chi connectivity index (χ3n) is 4.22. The number of hydrogen-bond acceptors (Lipinski definition) is 4. The summed E-state index contributed by atoms with van der Waals surface area (Å²) in [6.45, 7) is 5.54. The Morgan fingerprint density at radius 2 is 2.10 bits per heavy atom. The number of anilines is 2. The zero-order valence-corrected chi connectivity index (χ0v) is 12.2. The van der Waals surface area contributed by atoms with Gasteiger partial charge in [-0.25, -0.2) is 4.79 Å². The van der Waals surface area contributed by atoms with Crippen molar-refractivity contribution in [2.45, 2.75) is 25.8 Å². The van der Waals surface area contributed by atoms with Gasteiger partial charge in [0.05, 0.1) is 5.56 Å². The molecule has 1 aromatic carbocycles. The zero-order valence-electron chi connectivity index (χ0n) is 12.2. The Balaban J connectivity index is 2.08. The summed E-state index contributed by atoms with van der Waals surface area (Å²) in [7, 11) is 2.06.